The lowest BCUT2D eigenvalue weighted by Gasteiger charge is -2.13. The van der Waals surface area contributed by atoms with Crippen LogP contribution in [0.2, 0.25) is 0 Å². The van der Waals surface area contributed by atoms with Gasteiger partial charge in [0.25, 0.3) is 0 Å². The summed E-state index contributed by atoms with van der Waals surface area (Å²) in [5, 5.41) is 5.60. The maximum Gasteiger partial charge on any atom is 0.237 e. The van der Waals surface area contributed by atoms with E-state index < -0.39 is 0 Å². The predicted octanol–water partition coefficient (Wildman–Crippen LogP) is 3.07. The zero-order chi connectivity index (χ0) is 13.7. The SMILES string of the molecule is CCC(=O)Nc1cccc(NC(=O)C(C)Br)c1C. The van der Waals surface area contributed by atoms with E-state index in [2.05, 4.69) is 26.6 Å². The Morgan fingerprint density at radius 3 is 2.33 bits per heavy atom. The van der Waals surface area contributed by atoms with Gasteiger partial charge >= 0.3 is 0 Å². The Bertz CT molecular complexity index is 458. The van der Waals surface area contributed by atoms with E-state index in [1.807, 2.05) is 19.1 Å². The Morgan fingerprint density at radius 2 is 1.83 bits per heavy atom. The highest BCUT2D eigenvalue weighted by atomic mass is 79.9. The molecule has 0 bridgehead atoms. The van der Waals surface area contributed by atoms with Crippen molar-refractivity contribution >= 4 is 39.1 Å². The monoisotopic (exact) mass is 312 g/mol. The van der Waals surface area contributed by atoms with Crippen LogP contribution in [0, 0.1) is 6.92 Å². The normalized spacial score (nSPS) is 11.8. The molecule has 0 fully saturated rings. The summed E-state index contributed by atoms with van der Waals surface area (Å²) in [6.07, 6.45) is 0.425. The maximum atomic E-state index is 11.6. The highest BCUT2D eigenvalue weighted by Gasteiger charge is 2.12. The van der Waals surface area contributed by atoms with Gasteiger partial charge in [-0.05, 0) is 31.5 Å². The smallest absolute Gasteiger partial charge is 0.237 e. The molecule has 2 N–H and O–H groups in total. The molecule has 1 aromatic carbocycles. The van der Waals surface area contributed by atoms with Crippen LogP contribution in [0.15, 0.2) is 18.2 Å². The number of carbonyl (C=O) groups excluding carboxylic acids is 2. The van der Waals surface area contributed by atoms with Gasteiger partial charge in [0.1, 0.15) is 0 Å². The van der Waals surface area contributed by atoms with Crippen molar-refractivity contribution in [2.75, 3.05) is 10.6 Å². The van der Waals surface area contributed by atoms with Gasteiger partial charge in [-0.1, -0.05) is 28.9 Å². The molecule has 18 heavy (non-hydrogen) atoms. The lowest BCUT2D eigenvalue weighted by Crippen LogP contribution is -2.21. The molecule has 0 aliphatic carbocycles. The molecule has 1 aromatic rings. The number of alkyl halides is 1. The standard InChI is InChI=1S/C13H17BrN2O2/c1-4-12(17)15-10-6-5-7-11(8(10)2)16-13(18)9(3)14/h5-7,9H,4H2,1-3H3,(H,15,17)(H,16,18). The molecule has 1 unspecified atom stereocenters. The summed E-state index contributed by atoms with van der Waals surface area (Å²) < 4.78 is 0. The first-order valence-electron chi connectivity index (χ1n) is 5.80. The van der Waals surface area contributed by atoms with Crippen LogP contribution in [0.1, 0.15) is 25.8 Å². The van der Waals surface area contributed by atoms with E-state index in [1.165, 1.54) is 0 Å². The third kappa shape index (κ3) is 3.84. The largest absolute Gasteiger partial charge is 0.326 e. The second-order valence-corrected chi connectivity index (χ2v) is 5.36. The van der Waals surface area contributed by atoms with Crippen LogP contribution < -0.4 is 10.6 Å². The van der Waals surface area contributed by atoms with Crippen LogP contribution >= 0.6 is 15.9 Å². The highest BCUT2D eigenvalue weighted by molar-refractivity contribution is 9.10. The summed E-state index contributed by atoms with van der Waals surface area (Å²) in [7, 11) is 0. The van der Waals surface area contributed by atoms with Gasteiger partial charge in [0, 0.05) is 17.8 Å². The van der Waals surface area contributed by atoms with Crippen molar-refractivity contribution < 1.29 is 9.59 Å². The fourth-order valence-electron chi connectivity index (χ4n) is 1.38. The maximum absolute atomic E-state index is 11.6. The van der Waals surface area contributed by atoms with Gasteiger partial charge in [-0.15, -0.1) is 0 Å². The van der Waals surface area contributed by atoms with Crippen molar-refractivity contribution in [3.8, 4) is 0 Å². The van der Waals surface area contributed by atoms with Crippen LogP contribution in [0.25, 0.3) is 0 Å². The molecule has 0 aliphatic heterocycles. The van der Waals surface area contributed by atoms with Crippen molar-refractivity contribution in [3.05, 3.63) is 23.8 Å². The lowest BCUT2D eigenvalue weighted by atomic mass is 10.1. The minimum absolute atomic E-state index is 0.0459. The number of rotatable bonds is 4. The first-order valence-corrected chi connectivity index (χ1v) is 6.71. The Hall–Kier alpha value is -1.36. The third-order valence-corrected chi connectivity index (χ3v) is 2.96. The van der Waals surface area contributed by atoms with E-state index in [9.17, 15) is 9.59 Å². The molecular weight excluding hydrogens is 296 g/mol. The molecular formula is C13H17BrN2O2. The number of nitrogens with one attached hydrogen (secondary N) is 2. The van der Waals surface area contributed by atoms with Crippen LogP contribution in [-0.4, -0.2) is 16.6 Å². The topological polar surface area (TPSA) is 58.2 Å². The molecule has 1 rings (SSSR count). The van der Waals surface area contributed by atoms with Crippen LogP contribution in [-0.2, 0) is 9.59 Å². The molecule has 0 saturated heterocycles. The second kappa shape index (κ2) is 6.54. The number of hydrogen-bond donors (Lipinski definition) is 2. The van der Waals surface area contributed by atoms with Crippen LogP contribution in [0.3, 0.4) is 0 Å². The van der Waals surface area contributed by atoms with Gasteiger partial charge in [-0.3, -0.25) is 9.59 Å². The third-order valence-electron chi connectivity index (χ3n) is 2.55. The number of anilines is 2. The zero-order valence-electron chi connectivity index (χ0n) is 10.7. The Balaban J connectivity index is 2.91. The van der Waals surface area contributed by atoms with Gasteiger partial charge in [0.2, 0.25) is 11.8 Å². The first kappa shape index (κ1) is 14.7. The molecule has 0 aromatic heterocycles. The molecule has 0 radical (unpaired) electrons. The summed E-state index contributed by atoms with van der Waals surface area (Å²) in [5.41, 5.74) is 2.28. The fraction of sp³-hybridized carbons (Fsp3) is 0.385. The number of benzene rings is 1. The lowest BCUT2D eigenvalue weighted by molar-refractivity contribution is -0.116. The van der Waals surface area contributed by atoms with Crippen molar-refractivity contribution in [2.24, 2.45) is 0 Å². The number of hydrogen-bond acceptors (Lipinski definition) is 2. The van der Waals surface area contributed by atoms with E-state index in [4.69, 9.17) is 0 Å². The summed E-state index contributed by atoms with van der Waals surface area (Å²) in [5.74, 6) is -0.160. The quantitative estimate of drug-likeness (QED) is 0.839. The average Bonchev–Trinajstić information content (AvgIpc) is 2.33. The fourth-order valence-corrected chi connectivity index (χ4v) is 1.49. The van der Waals surface area contributed by atoms with Gasteiger partial charge in [-0.2, -0.15) is 0 Å². The van der Waals surface area contributed by atoms with E-state index >= 15 is 0 Å². The summed E-state index contributed by atoms with van der Waals surface area (Å²) in [6.45, 7) is 5.41. The van der Waals surface area contributed by atoms with Crippen molar-refractivity contribution in [3.63, 3.8) is 0 Å². The highest BCUT2D eigenvalue weighted by Crippen LogP contribution is 2.24. The average molecular weight is 313 g/mol. The van der Waals surface area contributed by atoms with Gasteiger partial charge < -0.3 is 10.6 Å². The minimum atomic E-state index is -0.259. The van der Waals surface area contributed by atoms with Gasteiger partial charge in [0.15, 0.2) is 0 Å². The molecule has 2 amide bonds. The molecule has 1 atom stereocenters. The zero-order valence-corrected chi connectivity index (χ0v) is 12.3. The number of carbonyl (C=O) groups is 2. The summed E-state index contributed by atoms with van der Waals surface area (Å²) >= 11 is 3.21. The summed E-state index contributed by atoms with van der Waals surface area (Å²) in [4.78, 5) is 22.7. The van der Waals surface area contributed by atoms with Crippen LogP contribution in [0.4, 0.5) is 11.4 Å². The van der Waals surface area contributed by atoms with Crippen molar-refractivity contribution in [1.29, 1.82) is 0 Å². The van der Waals surface area contributed by atoms with E-state index in [1.54, 1.807) is 19.9 Å². The molecule has 0 spiro atoms. The first-order chi connectivity index (χ1) is 8.45. The summed E-state index contributed by atoms with van der Waals surface area (Å²) in [6, 6.07) is 5.42. The molecule has 0 aliphatic rings. The van der Waals surface area contributed by atoms with Gasteiger partial charge in [-0.25, -0.2) is 0 Å². The molecule has 0 heterocycles. The molecule has 5 heteroatoms. The van der Waals surface area contributed by atoms with E-state index in [-0.39, 0.29) is 16.6 Å². The van der Waals surface area contributed by atoms with Crippen LogP contribution in [0.5, 0.6) is 0 Å². The molecule has 4 nitrogen and oxygen atoms in total. The Labute approximate surface area is 115 Å². The number of amides is 2. The van der Waals surface area contributed by atoms with E-state index in [0.717, 1.165) is 11.3 Å². The van der Waals surface area contributed by atoms with Crippen molar-refractivity contribution in [1.82, 2.24) is 0 Å². The Kier molecular flexibility index (Phi) is 5.34. The van der Waals surface area contributed by atoms with Gasteiger partial charge in [0.05, 0.1) is 4.83 Å². The number of halogens is 1. The Morgan fingerprint density at radius 1 is 1.28 bits per heavy atom. The molecule has 98 valence electrons. The van der Waals surface area contributed by atoms with Crippen molar-refractivity contribution in [2.45, 2.75) is 32.0 Å². The second-order valence-electron chi connectivity index (χ2n) is 3.99. The predicted molar refractivity (Wildman–Crippen MR) is 77.1 cm³/mol. The minimum Gasteiger partial charge on any atom is -0.326 e. The molecule has 0 saturated carbocycles. The van der Waals surface area contributed by atoms with E-state index in [0.29, 0.717) is 12.1 Å².